The fraction of sp³-hybridized carbons (Fsp3) is 0.833. The number of carbonyl (C=O) groups is 1. The van der Waals surface area contributed by atoms with Crippen LogP contribution in [0, 0.1) is 0 Å². The monoisotopic (exact) mass is 392 g/mol. The summed E-state index contributed by atoms with van der Waals surface area (Å²) >= 11 is 0. The Labute approximate surface area is 174 Å². The number of likely N-dealkylation sites (N-methyl/N-ethyl adjacent to an activating group) is 1. The highest BCUT2D eigenvalue weighted by molar-refractivity contribution is 5.73. The Morgan fingerprint density at radius 2 is 1.64 bits per heavy atom. The van der Waals surface area contributed by atoms with Gasteiger partial charge in [0, 0.05) is 13.8 Å². The molecule has 1 aliphatic heterocycles. The molecule has 1 N–H and O–H groups in total. The molecule has 0 saturated heterocycles. The highest BCUT2D eigenvalue weighted by atomic mass is 16.1. The number of nitrogens with zero attached hydrogens (tertiary/aromatic N) is 2. The minimum absolute atomic E-state index is 0.0361. The van der Waals surface area contributed by atoms with Gasteiger partial charge in [-0.2, -0.15) is 0 Å². The Kier molecular flexibility index (Phi) is 13.1. The fourth-order valence-corrected chi connectivity index (χ4v) is 4.31. The van der Waals surface area contributed by atoms with Crippen LogP contribution in [0.2, 0.25) is 0 Å². The van der Waals surface area contributed by atoms with Gasteiger partial charge in [-0.15, -0.1) is 0 Å². The van der Waals surface area contributed by atoms with E-state index in [1.807, 2.05) is 6.21 Å². The summed E-state index contributed by atoms with van der Waals surface area (Å²) in [7, 11) is 0. The topological polar surface area (TPSA) is 41.5 Å². The van der Waals surface area contributed by atoms with E-state index in [9.17, 15) is 4.79 Å². The molecule has 0 aromatic heterocycles. The minimum Gasteiger partial charge on any atom is -0.307 e. The lowest BCUT2D eigenvalue weighted by Gasteiger charge is -2.41. The molecule has 0 radical (unpaired) electrons. The highest BCUT2D eigenvalue weighted by Crippen LogP contribution is 2.24. The predicted octanol–water partition coefficient (Wildman–Crippen LogP) is 5.97. The largest absolute Gasteiger partial charge is 0.307 e. The standard InChI is InChI=1S/C24H45N3O/c1-5-7-8-9-10-11-12-13-14-15-16-17-18-19-24-25-20-21-27(24,6-2)22(3)26-23(4)28/h18-20,22,24H,5-17,21H2,1-4H3/p+1/b19-18+. The number of hydrogen-bond acceptors (Lipinski definition) is 2. The molecule has 28 heavy (non-hydrogen) atoms. The van der Waals surface area contributed by atoms with Gasteiger partial charge < -0.3 is 5.32 Å². The lowest BCUT2D eigenvalue weighted by molar-refractivity contribution is -0.953. The number of allylic oxidation sites excluding steroid dienone is 1. The fourth-order valence-electron chi connectivity index (χ4n) is 4.31. The first kappa shape index (κ1) is 24.9. The molecule has 3 unspecified atom stereocenters. The van der Waals surface area contributed by atoms with E-state index in [1.54, 1.807) is 6.92 Å². The van der Waals surface area contributed by atoms with E-state index in [0.29, 0.717) is 0 Å². The molecule has 0 aromatic carbocycles. The van der Waals surface area contributed by atoms with Crippen molar-refractivity contribution in [3.8, 4) is 0 Å². The summed E-state index contributed by atoms with van der Waals surface area (Å²) < 4.78 is 0.800. The molecular formula is C24H46N3O+. The maximum Gasteiger partial charge on any atom is 0.221 e. The van der Waals surface area contributed by atoms with Crippen molar-refractivity contribution in [1.29, 1.82) is 0 Å². The molecule has 0 fully saturated rings. The third kappa shape index (κ3) is 8.89. The third-order valence-corrected chi connectivity index (χ3v) is 6.26. The van der Waals surface area contributed by atoms with Gasteiger partial charge in [-0.3, -0.25) is 9.28 Å². The number of rotatable bonds is 16. The molecule has 3 atom stereocenters. The molecule has 162 valence electrons. The maximum atomic E-state index is 11.5. The number of aliphatic imine (C=N–C) groups is 1. The number of hydrogen-bond donors (Lipinski definition) is 1. The lowest BCUT2D eigenvalue weighted by atomic mass is 10.1. The van der Waals surface area contributed by atoms with Crippen LogP contribution in [0.5, 0.6) is 0 Å². The second-order valence-electron chi connectivity index (χ2n) is 8.48. The maximum absolute atomic E-state index is 11.5. The van der Waals surface area contributed by atoms with Crippen LogP contribution in [-0.2, 0) is 4.79 Å². The van der Waals surface area contributed by atoms with Crippen molar-refractivity contribution in [2.45, 2.75) is 117 Å². The summed E-state index contributed by atoms with van der Waals surface area (Å²) in [5.74, 6) is 0.0361. The Morgan fingerprint density at radius 3 is 2.18 bits per heavy atom. The first-order chi connectivity index (χ1) is 13.6. The number of quaternary nitrogens is 1. The summed E-state index contributed by atoms with van der Waals surface area (Å²) in [5, 5.41) is 3.07. The van der Waals surface area contributed by atoms with Crippen LogP contribution in [-0.4, -0.2) is 42.0 Å². The van der Waals surface area contributed by atoms with Gasteiger partial charge in [-0.05, 0) is 25.8 Å². The van der Waals surface area contributed by atoms with Gasteiger partial charge in [0.15, 0.2) is 6.17 Å². The van der Waals surface area contributed by atoms with E-state index in [4.69, 9.17) is 4.99 Å². The van der Waals surface area contributed by atoms with Crippen LogP contribution in [0.15, 0.2) is 17.1 Å². The van der Waals surface area contributed by atoms with E-state index < -0.39 is 0 Å². The lowest BCUT2D eigenvalue weighted by Crippen LogP contribution is -2.63. The summed E-state index contributed by atoms with van der Waals surface area (Å²) in [4.78, 5) is 16.2. The molecule has 0 aliphatic carbocycles. The number of amides is 1. The molecule has 1 aliphatic rings. The van der Waals surface area contributed by atoms with Gasteiger partial charge in [0.2, 0.25) is 12.1 Å². The number of carbonyl (C=O) groups excluding carboxylic acids is 1. The van der Waals surface area contributed by atoms with Crippen LogP contribution < -0.4 is 5.32 Å². The van der Waals surface area contributed by atoms with E-state index in [-0.39, 0.29) is 18.2 Å². The minimum atomic E-state index is 0.0361. The Morgan fingerprint density at radius 1 is 1.07 bits per heavy atom. The van der Waals surface area contributed by atoms with Crippen LogP contribution >= 0.6 is 0 Å². The van der Waals surface area contributed by atoms with Crippen molar-refractivity contribution >= 4 is 12.1 Å². The van der Waals surface area contributed by atoms with Crippen molar-refractivity contribution in [1.82, 2.24) is 5.32 Å². The second-order valence-corrected chi connectivity index (χ2v) is 8.48. The van der Waals surface area contributed by atoms with Crippen molar-refractivity contribution in [3.63, 3.8) is 0 Å². The zero-order chi connectivity index (χ0) is 20.7. The number of unbranched alkanes of at least 4 members (excludes halogenated alkanes) is 11. The van der Waals surface area contributed by atoms with E-state index in [1.165, 1.54) is 70.6 Å². The molecule has 0 saturated carbocycles. The molecule has 1 heterocycles. The van der Waals surface area contributed by atoms with Crippen molar-refractivity contribution in [3.05, 3.63) is 12.2 Å². The van der Waals surface area contributed by atoms with Crippen molar-refractivity contribution in [2.24, 2.45) is 4.99 Å². The summed E-state index contributed by atoms with van der Waals surface area (Å²) in [6.45, 7) is 10.0. The van der Waals surface area contributed by atoms with Gasteiger partial charge in [-0.25, -0.2) is 4.99 Å². The van der Waals surface area contributed by atoms with Crippen molar-refractivity contribution in [2.75, 3.05) is 13.1 Å². The van der Waals surface area contributed by atoms with Crippen LogP contribution in [0.3, 0.4) is 0 Å². The summed E-state index contributed by atoms with van der Waals surface area (Å²) in [6.07, 6.45) is 23.2. The van der Waals surface area contributed by atoms with Gasteiger partial charge in [0.05, 0.1) is 12.8 Å². The van der Waals surface area contributed by atoms with E-state index >= 15 is 0 Å². The SMILES string of the molecule is CCCCCCCCCCCCC/C=C/C1N=CC[N+]1(CC)C(C)NC(C)=O. The smallest absolute Gasteiger partial charge is 0.221 e. The predicted molar refractivity (Wildman–Crippen MR) is 121 cm³/mol. The first-order valence-corrected chi connectivity index (χ1v) is 11.9. The molecule has 1 rings (SSSR count). The molecule has 4 heteroatoms. The highest BCUT2D eigenvalue weighted by Gasteiger charge is 2.41. The third-order valence-electron chi connectivity index (χ3n) is 6.26. The Hall–Kier alpha value is -1.16. The Bertz CT molecular complexity index is 474. The average molecular weight is 393 g/mol. The van der Waals surface area contributed by atoms with Crippen LogP contribution in [0.1, 0.15) is 105 Å². The van der Waals surface area contributed by atoms with Crippen LogP contribution in [0.25, 0.3) is 0 Å². The van der Waals surface area contributed by atoms with Gasteiger partial charge in [0.25, 0.3) is 0 Å². The van der Waals surface area contributed by atoms with E-state index in [2.05, 4.69) is 38.2 Å². The van der Waals surface area contributed by atoms with E-state index in [0.717, 1.165) is 24.0 Å². The molecule has 0 aromatic rings. The molecule has 4 nitrogen and oxygen atoms in total. The molecule has 1 amide bonds. The molecular weight excluding hydrogens is 346 g/mol. The molecule has 0 bridgehead atoms. The van der Waals surface area contributed by atoms with Crippen LogP contribution in [0.4, 0.5) is 0 Å². The quantitative estimate of drug-likeness (QED) is 0.196. The van der Waals surface area contributed by atoms with Gasteiger partial charge in [-0.1, -0.05) is 77.2 Å². The zero-order valence-electron chi connectivity index (χ0n) is 19.1. The summed E-state index contributed by atoms with van der Waals surface area (Å²) in [5.41, 5.74) is 0. The van der Waals surface area contributed by atoms with Crippen molar-refractivity contribution < 1.29 is 9.28 Å². The second kappa shape index (κ2) is 14.8. The zero-order valence-corrected chi connectivity index (χ0v) is 19.1. The first-order valence-electron chi connectivity index (χ1n) is 11.9. The normalized spacial score (nSPS) is 22.8. The van der Waals surface area contributed by atoms with Gasteiger partial charge in [0.1, 0.15) is 6.54 Å². The number of nitrogens with one attached hydrogen (secondary N) is 1. The van der Waals surface area contributed by atoms with Gasteiger partial charge >= 0.3 is 0 Å². The average Bonchev–Trinajstić information content (AvgIpc) is 3.09. The Balaban J connectivity index is 2.17. The summed E-state index contributed by atoms with van der Waals surface area (Å²) in [6, 6.07) is 0. The molecule has 0 spiro atoms.